The van der Waals surface area contributed by atoms with Gasteiger partial charge in [0.1, 0.15) is 29.0 Å². The van der Waals surface area contributed by atoms with Crippen LogP contribution in [0.4, 0.5) is 4.79 Å². The largest absolute Gasteiger partial charge is 0.443 e. The zero-order chi connectivity index (χ0) is 25.4. The topological polar surface area (TPSA) is 87.3 Å². The lowest BCUT2D eigenvalue weighted by atomic mass is 9.68. The highest BCUT2D eigenvalue weighted by molar-refractivity contribution is 5.69. The van der Waals surface area contributed by atoms with Crippen LogP contribution >= 0.6 is 0 Å². The van der Waals surface area contributed by atoms with Gasteiger partial charge in [0.2, 0.25) is 0 Å². The second-order valence-corrected chi connectivity index (χ2v) is 11.5. The summed E-state index contributed by atoms with van der Waals surface area (Å²) in [4.78, 5) is 16.9. The molecular formula is C27H46N2O6. The molecular weight excluding hydrogens is 448 g/mol. The summed E-state index contributed by atoms with van der Waals surface area (Å²) in [5.74, 6) is 0.00973. The molecule has 3 aliphatic heterocycles. The van der Waals surface area contributed by atoms with Gasteiger partial charge in [-0.15, -0.1) is 0 Å². The van der Waals surface area contributed by atoms with Crippen molar-refractivity contribution in [1.29, 1.82) is 0 Å². The first-order chi connectivity index (χ1) is 16.6. The number of epoxide rings is 2. The number of rotatable bonds is 11. The maximum atomic E-state index is 13.0. The molecule has 0 aromatic heterocycles. The summed E-state index contributed by atoms with van der Waals surface area (Å²) in [5.41, 5.74) is -0.112. The Bertz CT molecular complexity index is 785. The molecule has 1 N–H and O–H groups in total. The van der Waals surface area contributed by atoms with Crippen LogP contribution < -0.4 is 0 Å². The number of ether oxygens (including phenoxy) is 4. The van der Waals surface area contributed by atoms with Crippen molar-refractivity contribution in [2.45, 2.75) is 102 Å². The molecule has 1 saturated carbocycles. The van der Waals surface area contributed by atoms with E-state index in [1.165, 1.54) is 5.57 Å². The molecule has 3 heterocycles. The van der Waals surface area contributed by atoms with E-state index in [0.717, 1.165) is 38.9 Å². The number of likely N-dealkylation sites (tertiary alicyclic amines) is 1. The Morgan fingerprint density at radius 3 is 2.51 bits per heavy atom. The zero-order valence-corrected chi connectivity index (χ0v) is 22.5. The number of carbonyl (C=O) groups excluding carboxylic acids is 1. The van der Waals surface area contributed by atoms with Gasteiger partial charge in [0.25, 0.3) is 0 Å². The van der Waals surface area contributed by atoms with Crippen LogP contribution in [0.15, 0.2) is 11.6 Å². The predicted molar refractivity (Wildman–Crippen MR) is 133 cm³/mol. The monoisotopic (exact) mass is 494 g/mol. The van der Waals surface area contributed by atoms with Crippen molar-refractivity contribution in [3.63, 3.8) is 0 Å². The van der Waals surface area contributed by atoms with Gasteiger partial charge in [-0.1, -0.05) is 25.5 Å². The van der Waals surface area contributed by atoms with Gasteiger partial charge in [-0.25, -0.2) is 4.79 Å². The molecule has 0 bridgehead atoms. The summed E-state index contributed by atoms with van der Waals surface area (Å²) in [7, 11) is 1.69. The van der Waals surface area contributed by atoms with Crippen LogP contribution in [0.1, 0.15) is 66.7 Å². The van der Waals surface area contributed by atoms with Gasteiger partial charge in [0.05, 0.1) is 31.7 Å². The first-order valence-corrected chi connectivity index (χ1v) is 13.5. The van der Waals surface area contributed by atoms with Gasteiger partial charge in [-0.3, -0.25) is 0 Å². The second kappa shape index (κ2) is 10.3. The third-order valence-electron chi connectivity index (χ3n) is 8.73. The van der Waals surface area contributed by atoms with Crippen molar-refractivity contribution in [1.82, 2.24) is 9.80 Å². The maximum Gasteiger partial charge on any atom is 0.410 e. The van der Waals surface area contributed by atoms with Crippen molar-refractivity contribution in [2.24, 2.45) is 5.92 Å². The maximum absolute atomic E-state index is 13.0. The number of amides is 1. The van der Waals surface area contributed by atoms with Crippen LogP contribution in [0.25, 0.3) is 0 Å². The molecule has 4 rings (SSSR count). The average Bonchev–Trinajstić information content (AvgIpc) is 3.71. The number of carbonyl (C=O) groups is 1. The van der Waals surface area contributed by atoms with E-state index >= 15 is 0 Å². The summed E-state index contributed by atoms with van der Waals surface area (Å²) < 4.78 is 24.2. The quantitative estimate of drug-likeness (QED) is 0.348. The van der Waals surface area contributed by atoms with E-state index in [1.54, 1.807) is 12.0 Å². The molecule has 200 valence electrons. The van der Waals surface area contributed by atoms with Gasteiger partial charge in [-0.05, 0) is 72.5 Å². The van der Waals surface area contributed by atoms with E-state index in [-0.39, 0.29) is 41.5 Å². The fourth-order valence-electron chi connectivity index (χ4n) is 6.40. The van der Waals surface area contributed by atoms with Crippen LogP contribution in [0.3, 0.4) is 0 Å². The molecule has 8 heteroatoms. The van der Waals surface area contributed by atoms with E-state index in [2.05, 4.69) is 45.6 Å². The van der Waals surface area contributed by atoms with Crippen LogP contribution in [0.5, 0.6) is 0 Å². The highest BCUT2D eigenvalue weighted by atomic mass is 16.6. The molecule has 8 nitrogen and oxygen atoms in total. The van der Waals surface area contributed by atoms with Crippen molar-refractivity contribution in [2.75, 3.05) is 46.4 Å². The van der Waals surface area contributed by atoms with E-state index < -0.39 is 5.60 Å². The number of aliphatic hydroxyl groups is 1. The Labute approximate surface area is 210 Å². The van der Waals surface area contributed by atoms with E-state index in [9.17, 15) is 9.90 Å². The van der Waals surface area contributed by atoms with Gasteiger partial charge >= 0.3 is 6.09 Å². The van der Waals surface area contributed by atoms with Gasteiger partial charge < -0.3 is 33.9 Å². The average molecular weight is 495 g/mol. The van der Waals surface area contributed by atoms with E-state index in [0.29, 0.717) is 32.5 Å². The second-order valence-electron chi connectivity index (χ2n) is 11.5. The van der Waals surface area contributed by atoms with Gasteiger partial charge in [-0.2, -0.15) is 0 Å². The van der Waals surface area contributed by atoms with Crippen LogP contribution in [0, 0.1) is 5.92 Å². The molecule has 0 aromatic carbocycles. The van der Waals surface area contributed by atoms with Gasteiger partial charge in [0.15, 0.2) is 0 Å². The standard InChI is InChI=1S/C27H46N2O6/c1-7-28(8-2)15-9-13-26(31)16-29(17-26)24(30)34-20-12-14-27(18-33-27)23(22(20)32-6)25(5)21(35-25)11-10-19(3)4/h10,20-23,31H,7-9,11-18H2,1-6H3/t20?,21-,22?,23?,25+,27?/m1/s1. The first-order valence-electron chi connectivity index (χ1n) is 13.5. The third kappa shape index (κ3) is 5.57. The Kier molecular flexibility index (Phi) is 7.89. The number of β-amino-alcohol motifs (C(OH)–C–C–N with tert-alkyl or cyclic N) is 1. The molecule has 4 aliphatic rings. The fraction of sp³-hybridized carbons (Fsp3) is 0.889. The first kappa shape index (κ1) is 26.9. The Morgan fingerprint density at radius 1 is 1.26 bits per heavy atom. The van der Waals surface area contributed by atoms with E-state index in [1.807, 2.05) is 0 Å². The SMILES string of the molecule is CCN(CC)CCCC1(O)CN(C(=O)OC2CCC3(CO3)C([C@@]3(C)O[C@@H]3CC=C(C)C)C2OC)C1. The summed E-state index contributed by atoms with van der Waals surface area (Å²) >= 11 is 0. The summed E-state index contributed by atoms with van der Waals surface area (Å²) in [6.45, 7) is 15.0. The highest BCUT2D eigenvalue weighted by Gasteiger charge is 2.72. The predicted octanol–water partition coefficient (Wildman–Crippen LogP) is 3.37. The lowest BCUT2D eigenvalue weighted by Gasteiger charge is -2.47. The smallest absolute Gasteiger partial charge is 0.410 e. The molecule has 35 heavy (non-hydrogen) atoms. The summed E-state index contributed by atoms with van der Waals surface area (Å²) in [5, 5.41) is 10.8. The Balaban J connectivity index is 1.32. The fourth-order valence-corrected chi connectivity index (χ4v) is 6.40. The van der Waals surface area contributed by atoms with Gasteiger partial charge in [0, 0.05) is 7.11 Å². The molecule has 4 unspecified atom stereocenters. The molecule has 1 aliphatic carbocycles. The minimum atomic E-state index is -0.804. The Morgan fingerprint density at radius 2 is 1.94 bits per heavy atom. The third-order valence-corrected chi connectivity index (χ3v) is 8.73. The summed E-state index contributed by atoms with van der Waals surface area (Å²) in [6.07, 6.45) is 5.36. The molecule has 3 saturated heterocycles. The number of hydrogen-bond acceptors (Lipinski definition) is 7. The van der Waals surface area contributed by atoms with Crippen molar-refractivity contribution in [3.05, 3.63) is 11.6 Å². The zero-order valence-electron chi connectivity index (χ0n) is 22.5. The lowest BCUT2D eigenvalue weighted by Crippen LogP contribution is -2.64. The lowest BCUT2D eigenvalue weighted by molar-refractivity contribution is -0.137. The van der Waals surface area contributed by atoms with Crippen LogP contribution in [0.2, 0.25) is 0 Å². The number of allylic oxidation sites excluding steroid dienone is 1. The molecule has 6 atom stereocenters. The molecule has 1 amide bonds. The molecule has 0 aromatic rings. The number of nitrogens with zero attached hydrogens (tertiary/aromatic N) is 2. The molecule has 0 radical (unpaired) electrons. The summed E-state index contributed by atoms with van der Waals surface area (Å²) in [6, 6.07) is 0. The minimum absolute atomic E-state index is 0.00973. The van der Waals surface area contributed by atoms with Crippen molar-refractivity contribution in [3.8, 4) is 0 Å². The van der Waals surface area contributed by atoms with E-state index in [4.69, 9.17) is 18.9 Å². The molecule has 1 spiro atoms. The Hall–Kier alpha value is -1.19. The normalized spacial score (nSPS) is 37.2. The van der Waals surface area contributed by atoms with Crippen molar-refractivity contribution < 1.29 is 28.8 Å². The number of hydrogen-bond donors (Lipinski definition) is 1. The number of methoxy groups -OCH3 is 1. The van der Waals surface area contributed by atoms with Crippen LogP contribution in [-0.2, 0) is 18.9 Å². The minimum Gasteiger partial charge on any atom is -0.443 e. The van der Waals surface area contributed by atoms with Crippen LogP contribution in [-0.4, -0.2) is 103 Å². The molecule has 4 fully saturated rings. The van der Waals surface area contributed by atoms with Crippen molar-refractivity contribution >= 4 is 6.09 Å². The highest BCUT2D eigenvalue weighted by Crippen LogP contribution is 2.59.